The summed E-state index contributed by atoms with van der Waals surface area (Å²) in [7, 11) is -4.12. The molecular weight excluding hydrogens is 445 g/mol. The van der Waals surface area contributed by atoms with Gasteiger partial charge >= 0.3 is 5.97 Å². The highest BCUT2D eigenvalue weighted by molar-refractivity contribution is 7.91. The molecule has 4 aromatic rings. The van der Waals surface area contributed by atoms with Gasteiger partial charge in [-0.1, -0.05) is 22.9 Å². The molecule has 0 bridgehead atoms. The summed E-state index contributed by atoms with van der Waals surface area (Å²) in [6.07, 6.45) is 0. The molecular formula is C21H13ClFN3O4S. The van der Waals surface area contributed by atoms with Crippen LogP contribution in [0.5, 0.6) is 0 Å². The summed E-state index contributed by atoms with van der Waals surface area (Å²) in [6, 6.07) is 16.5. The van der Waals surface area contributed by atoms with Gasteiger partial charge in [0, 0.05) is 10.6 Å². The zero-order valence-electron chi connectivity index (χ0n) is 15.6. The van der Waals surface area contributed by atoms with Crippen LogP contribution in [-0.2, 0) is 9.84 Å². The van der Waals surface area contributed by atoms with Gasteiger partial charge in [0.25, 0.3) is 0 Å². The molecule has 31 heavy (non-hydrogen) atoms. The molecule has 0 atom stereocenters. The number of hydrogen-bond acceptors (Lipinski definition) is 5. The van der Waals surface area contributed by atoms with Crippen LogP contribution >= 0.6 is 11.6 Å². The maximum absolute atomic E-state index is 13.5. The summed E-state index contributed by atoms with van der Waals surface area (Å²) >= 11 is 5.86. The van der Waals surface area contributed by atoms with Crippen LogP contribution in [0.25, 0.3) is 16.9 Å². The number of aromatic nitrogens is 3. The van der Waals surface area contributed by atoms with Crippen LogP contribution in [0.3, 0.4) is 0 Å². The number of aromatic carboxylic acids is 1. The molecule has 1 N–H and O–H groups in total. The molecule has 0 aliphatic rings. The van der Waals surface area contributed by atoms with Crippen LogP contribution in [0.2, 0.25) is 5.02 Å². The quantitative estimate of drug-likeness (QED) is 0.480. The van der Waals surface area contributed by atoms with Gasteiger partial charge in [-0.05, 0) is 66.7 Å². The zero-order chi connectivity index (χ0) is 22.2. The van der Waals surface area contributed by atoms with Gasteiger partial charge in [0.1, 0.15) is 11.5 Å². The molecule has 1 heterocycles. The van der Waals surface area contributed by atoms with E-state index in [1.54, 1.807) is 6.07 Å². The van der Waals surface area contributed by atoms with Crippen molar-refractivity contribution >= 4 is 27.4 Å². The van der Waals surface area contributed by atoms with Gasteiger partial charge in [0.05, 0.1) is 16.1 Å². The van der Waals surface area contributed by atoms with E-state index < -0.39 is 21.6 Å². The van der Waals surface area contributed by atoms with Crippen molar-refractivity contribution in [2.45, 2.75) is 9.92 Å². The Balaban J connectivity index is 1.97. The minimum Gasteiger partial charge on any atom is -0.478 e. The predicted octanol–water partition coefficient (Wildman–Crippen LogP) is 4.26. The molecule has 1 aromatic heterocycles. The standard InChI is InChI=1S/C21H13ClFN3O4S/c22-15-6-10-18(11-7-15)31(29,30)20-19(13-4-8-16(23)9-5-13)26(25-24-20)17-3-1-2-14(12-17)21(27)28/h1-12H,(H,27,28). The summed E-state index contributed by atoms with van der Waals surface area (Å²) in [5, 5.41) is 17.2. The van der Waals surface area contributed by atoms with E-state index >= 15 is 0 Å². The third-order valence-electron chi connectivity index (χ3n) is 4.47. The number of halogens is 2. The van der Waals surface area contributed by atoms with Crippen LogP contribution in [0.4, 0.5) is 4.39 Å². The van der Waals surface area contributed by atoms with Crippen LogP contribution in [0.1, 0.15) is 10.4 Å². The van der Waals surface area contributed by atoms with Crippen LogP contribution in [0, 0.1) is 5.82 Å². The van der Waals surface area contributed by atoms with Crippen molar-refractivity contribution in [2.75, 3.05) is 0 Å². The number of hydrogen-bond donors (Lipinski definition) is 1. The van der Waals surface area contributed by atoms with Crippen molar-refractivity contribution in [2.24, 2.45) is 0 Å². The Labute approximate surface area is 181 Å². The Bertz CT molecular complexity index is 1390. The maximum atomic E-state index is 13.5. The van der Waals surface area contributed by atoms with Crippen molar-refractivity contribution in [1.82, 2.24) is 15.0 Å². The molecule has 0 saturated carbocycles. The monoisotopic (exact) mass is 457 g/mol. The number of carboxylic acid groups (broad SMARTS) is 1. The Morgan fingerprint density at radius 2 is 1.68 bits per heavy atom. The number of benzene rings is 3. The SMILES string of the molecule is O=C(O)c1cccc(-n2nnc(S(=O)(=O)c3ccc(Cl)cc3)c2-c2ccc(F)cc2)c1. The van der Waals surface area contributed by atoms with E-state index in [-0.39, 0.29) is 26.9 Å². The van der Waals surface area contributed by atoms with E-state index in [0.717, 1.165) is 0 Å². The fourth-order valence-corrected chi connectivity index (χ4v) is 4.43. The number of nitrogens with zero attached hydrogens (tertiary/aromatic N) is 3. The second-order valence-electron chi connectivity index (χ2n) is 6.47. The maximum Gasteiger partial charge on any atom is 0.335 e. The highest BCUT2D eigenvalue weighted by Gasteiger charge is 2.29. The topological polar surface area (TPSA) is 102 Å². The molecule has 0 amide bonds. The predicted molar refractivity (Wildman–Crippen MR) is 111 cm³/mol. The van der Waals surface area contributed by atoms with Crippen LogP contribution in [0.15, 0.2) is 82.7 Å². The highest BCUT2D eigenvalue weighted by atomic mass is 35.5. The normalized spacial score (nSPS) is 11.4. The van der Waals surface area contributed by atoms with Crippen LogP contribution < -0.4 is 0 Å². The average Bonchev–Trinajstić information content (AvgIpc) is 3.21. The number of sulfone groups is 1. The molecule has 0 radical (unpaired) electrons. The lowest BCUT2D eigenvalue weighted by Gasteiger charge is -2.10. The molecule has 10 heteroatoms. The summed E-state index contributed by atoms with van der Waals surface area (Å²) in [5.41, 5.74) is 0.668. The lowest BCUT2D eigenvalue weighted by atomic mass is 10.1. The third kappa shape index (κ3) is 3.92. The first-order valence-corrected chi connectivity index (χ1v) is 10.7. The first kappa shape index (κ1) is 20.7. The summed E-state index contributed by atoms with van der Waals surface area (Å²) in [6.45, 7) is 0. The average molecular weight is 458 g/mol. The lowest BCUT2D eigenvalue weighted by Crippen LogP contribution is -2.06. The van der Waals surface area contributed by atoms with Crippen molar-refractivity contribution in [3.63, 3.8) is 0 Å². The molecule has 0 fully saturated rings. The first-order chi connectivity index (χ1) is 14.8. The van der Waals surface area contributed by atoms with E-state index in [1.165, 1.54) is 71.4 Å². The fraction of sp³-hybridized carbons (Fsp3) is 0. The Morgan fingerprint density at radius 1 is 1.00 bits per heavy atom. The summed E-state index contributed by atoms with van der Waals surface area (Å²) < 4.78 is 41.3. The molecule has 0 saturated heterocycles. The lowest BCUT2D eigenvalue weighted by molar-refractivity contribution is 0.0697. The van der Waals surface area contributed by atoms with Crippen molar-refractivity contribution in [3.05, 3.63) is 89.2 Å². The molecule has 7 nitrogen and oxygen atoms in total. The molecule has 0 aliphatic heterocycles. The van der Waals surface area contributed by atoms with Gasteiger partial charge in [0.15, 0.2) is 0 Å². The molecule has 0 spiro atoms. The second-order valence-corrected chi connectivity index (χ2v) is 8.78. The number of carboxylic acids is 1. The van der Waals surface area contributed by atoms with E-state index in [4.69, 9.17) is 11.6 Å². The second kappa shape index (κ2) is 7.93. The summed E-state index contributed by atoms with van der Waals surface area (Å²) in [5.74, 6) is -1.66. The minimum absolute atomic E-state index is 0.0137. The third-order valence-corrected chi connectivity index (χ3v) is 6.40. The Morgan fingerprint density at radius 3 is 2.32 bits per heavy atom. The van der Waals surface area contributed by atoms with Gasteiger partial charge in [-0.3, -0.25) is 0 Å². The summed E-state index contributed by atoms with van der Waals surface area (Å²) in [4.78, 5) is 11.3. The van der Waals surface area contributed by atoms with Gasteiger partial charge < -0.3 is 5.11 Å². The molecule has 0 unspecified atom stereocenters. The smallest absolute Gasteiger partial charge is 0.335 e. The Hall–Kier alpha value is -3.56. The van der Waals surface area contributed by atoms with Gasteiger partial charge in [-0.25, -0.2) is 22.3 Å². The molecule has 4 rings (SSSR count). The van der Waals surface area contributed by atoms with E-state index in [0.29, 0.717) is 10.6 Å². The Kier molecular flexibility index (Phi) is 5.30. The number of carbonyl (C=O) groups is 1. The van der Waals surface area contributed by atoms with E-state index in [2.05, 4.69) is 10.3 Å². The van der Waals surface area contributed by atoms with Gasteiger partial charge in [0.2, 0.25) is 14.9 Å². The molecule has 3 aromatic carbocycles. The van der Waals surface area contributed by atoms with Gasteiger partial charge in [-0.15, -0.1) is 5.10 Å². The zero-order valence-corrected chi connectivity index (χ0v) is 17.2. The van der Waals surface area contributed by atoms with Crippen LogP contribution in [-0.4, -0.2) is 34.5 Å². The highest BCUT2D eigenvalue weighted by Crippen LogP contribution is 2.32. The fourth-order valence-electron chi connectivity index (χ4n) is 2.98. The van der Waals surface area contributed by atoms with E-state index in [1.807, 2.05) is 0 Å². The van der Waals surface area contributed by atoms with Crippen molar-refractivity contribution in [1.29, 1.82) is 0 Å². The van der Waals surface area contributed by atoms with Gasteiger partial charge in [-0.2, -0.15) is 0 Å². The molecule has 0 aliphatic carbocycles. The molecule has 156 valence electrons. The van der Waals surface area contributed by atoms with Crippen molar-refractivity contribution < 1.29 is 22.7 Å². The van der Waals surface area contributed by atoms with E-state index in [9.17, 15) is 22.7 Å². The minimum atomic E-state index is -4.12. The largest absolute Gasteiger partial charge is 0.478 e. The first-order valence-electron chi connectivity index (χ1n) is 8.83. The number of rotatable bonds is 5. The van der Waals surface area contributed by atoms with Crippen molar-refractivity contribution in [3.8, 4) is 16.9 Å².